The molecule has 0 fully saturated rings. The van der Waals surface area contributed by atoms with Gasteiger partial charge in [-0.3, -0.25) is 9.59 Å². The fourth-order valence-electron chi connectivity index (χ4n) is 4.33. The molecule has 2 aromatic carbocycles. The van der Waals surface area contributed by atoms with E-state index >= 15 is 0 Å². The Morgan fingerprint density at radius 2 is 1.34 bits per heavy atom. The van der Waals surface area contributed by atoms with E-state index in [0.29, 0.717) is 0 Å². The van der Waals surface area contributed by atoms with Gasteiger partial charge in [-0.25, -0.2) is 4.79 Å². The molecule has 2 N–H and O–H groups in total. The molecule has 0 bridgehead atoms. The Morgan fingerprint density at radius 1 is 0.844 bits per heavy atom. The normalized spacial score (nSPS) is 19.1. The molecule has 0 aromatic heterocycles. The minimum atomic E-state index is -1.08. The van der Waals surface area contributed by atoms with Crippen molar-refractivity contribution in [3.8, 4) is 0 Å². The third kappa shape index (κ3) is 3.43. The highest BCUT2D eigenvalue weighted by Crippen LogP contribution is 2.47. The number of hydrogen-bond acceptors (Lipinski definition) is 6. The Hall–Kier alpha value is -3.61. The molecule has 0 aliphatic heterocycles. The first-order valence-electron chi connectivity index (χ1n) is 10.4. The molecule has 0 saturated heterocycles. The van der Waals surface area contributed by atoms with Gasteiger partial charge in [-0.1, -0.05) is 27.7 Å². The van der Waals surface area contributed by atoms with Crippen LogP contribution in [-0.2, 0) is 10.8 Å². The molecule has 164 valence electrons. The van der Waals surface area contributed by atoms with Crippen LogP contribution in [0.3, 0.4) is 0 Å². The van der Waals surface area contributed by atoms with Gasteiger partial charge in [-0.05, 0) is 71.2 Å². The van der Waals surface area contributed by atoms with Gasteiger partial charge in [0.1, 0.15) is 0 Å². The number of aliphatic hydroxyl groups excluding tert-OH is 1. The predicted molar refractivity (Wildman–Crippen MR) is 118 cm³/mol. The number of aliphatic hydroxyl groups is 1. The lowest BCUT2D eigenvalue weighted by molar-refractivity contribution is 0.0696. The number of hydrogen-bond donors (Lipinski definition) is 2. The Labute approximate surface area is 185 Å². The van der Waals surface area contributed by atoms with Crippen molar-refractivity contribution in [2.75, 3.05) is 0 Å². The second-order valence-electron chi connectivity index (χ2n) is 9.62. The Kier molecular flexibility index (Phi) is 4.88. The third-order valence-electron chi connectivity index (χ3n) is 6.51. The Balaban J connectivity index is 1.77. The van der Waals surface area contributed by atoms with Crippen LogP contribution in [0.4, 0.5) is 5.69 Å². The van der Waals surface area contributed by atoms with E-state index in [2.05, 4.69) is 37.9 Å². The van der Waals surface area contributed by atoms with Crippen LogP contribution in [0.15, 0.2) is 58.1 Å². The zero-order valence-electron chi connectivity index (χ0n) is 18.4. The van der Waals surface area contributed by atoms with Gasteiger partial charge in [0.15, 0.2) is 11.5 Å². The number of benzene rings is 2. The lowest BCUT2D eigenvalue weighted by Crippen LogP contribution is -2.35. The smallest absolute Gasteiger partial charge is 0.335 e. The minimum Gasteiger partial charge on any atom is -0.502 e. The molecule has 0 unspecified atom stereocenters. The minimum absolute atomic E-state index is 0.0826. The van der Waals surface area contributed by atoms with Crippen LogP contribution in [0, 0.1) is 0 Å². The maximum Gasteiger partial charge on any atom is 0.335 e. The fraction of sp³-hybridized carbons (Fsp3) is 0.320. The highest BCUT2D eigenvalue weighted by molar-refractivity contribution is 6.26. The molecule has 0 atom stereocenters. The largest absolute Gasteiger partial charge is 0.502 e. The van der Waals surface area contributed by atoms with Gasteiger partial charge in [0.25, 0.3) is 0 Å². The SMILES string of the molecule is CC1(C)CCC(C)(C)c2cc3c(cc21)C(=O)C(O)=C(N=Nc1ccc(C(=O)O)cc1)C3=O. The van der Waals surface area contributed by atoms with Crippen molar-refractivity contribution in [1.29, 1.82) is 0 Å². The van der Waals surface area contributed by atoms with Crippen LogP contribution in [0.25, 0.3) is 0 Å². The number of azo groups is 1. The van der Waals surface area contributed by atoms with Crippen molar-refractivity contribution in [3.63, 3.8) is 0 Å². The van der Waals surface area contributed by atoms with Crippen LogP contribution in [-0.4, -0.2) is 27.7 Å². The van der Waals surface area contributed by atoms with Crippen LogP contribution in [0.5, 0.6) is 0 Å². The molecule has 7 nitrogen and oxygen atoms in total. The van der Waals surface area contributed by atoms with Gasteiger partial charge in [-0.15, -0.1) is 5.11 Å². The summed E-state index contributed by atoms with van der Waals surface area (Å²) in [4.78, 5) is 37.1. The summed E-state index contributed by atoms with van der Waals surface area (Å²) in [6, 6.07) is 9.08. The molecule has 2 aromatic rings. The van der Waals surface area contributed by atoms with E-state index in [4.69, 9.17) is 5.11 Å². The monoisotopic (exact) mass is 432 g/mol. The third-order valence-corrected chi connectivity index (χ3v) is 6.51. The lowest BCUT2D eigenvalue weighted by Gasteiger charge is -2.42. The number of fused-ring (bicyclic) bond motifs is 2. The molecule has 0 amide bonds. The molecule has 0 saturated carbocycles. The average Bonchev–Trinajstić information content (AvgIpc) is 2.75. The van der Waals surface area contributed by atoms with E-state index in [1.165, 1.54) is 24.3 Å². The number of aromatic carboxylic acids is 1. The summed E-state index contributed by atoms with van der Waals surface area (Å²) in [5.41, 5.74) is 2.09. The van der Waals surface area contributed by atoms with Crippen molar-refractivity contribution in [2.45, 2.75) is 51.4 Å². The molecule has 0 radical (unpaired) electrons. The van der Waals surface area contributed by atoms with E-state index in [1.807, 2.05) is 0 Å². The Morgan fingerprint density at radius 3 is 1.84 bits per heavy atom. The molecule has 0 heterocycles. The number of allylic oxidation sites excluding steroid dienone is 2. The highest BCUT2D eigenvalue weighted by atomic mass is 16.4. The van der Waals surface area contributed by atoms with E-state index in [1.54, 1.807) is 12.1 Å². The summed E-state index contributed by atoms with van der Waals surface area (Å²) < 4.78 is 0. The molecule has 32 heavy (non-hydrogen) atoms. The number of ketones is 2. The van der Waals surface area contributed by atoms with E-state index in [-0.39, 0.29) is 33.2 Å². The van der Waals surface area contributed by atoms with Gasteiger partial charge >= 0.3 is 5.97 Å². The van der Waals surface area contributed by atoms with E-state index in [9.17, 15) is 19.5 Å². The van der Waals surface area contributed by atoms with Gasteiger partial charge in [0, 0.05) is 11.1 Å². The Bertz CT molecular complexity index is 1230. The first-order valence-corrected chi connectivity index (χ1v) is 10.4. The summed E-state index contributed by atoms with van der Waals surface area (Å²) in [5, 5.41) is 27.2. The van der Waals surface area contributed by atoms with Gasteiger partial charge in [0.2, 0.25) is 11.6 Å². The number of carbonyl (C=O) groups excluding carboxylic acids is 2. The molecule has 4 rings (SSSR count). The topological polar surface area (TPSA) is 116 Å². The zero-order valence-corrected chi connectivity index (χ0v) is 18.4. The van der Waals surface area contributed by atoms with Gasteiger partial charge in [-0.2, -0.15) is 5.11 Å². The summed E-state index contributed by atoms with van der Waals surface area (Å²) in [6.45, 7) is 8.48. The maximum atomic E-state index is 13.2. The molecule has 7 heteroatoms. The summed E-state index contributed by atoms with van der Waals surface area (Å²) in [7, 11) is 0. The summed E-state index contributed by atoms with van der Waals surface area (Å²) in [6.07, 6.45) is 1.91. The second-order valence-corrected chi connectivity index (χ2v) is 9.62. The fourth-order valence-corrected chi connectivity index (χ4v) is 4.33. The molecule has 2 aliphatic carbocycles. The standard InChI is InChI=1S/C25H24N2O5/c1-24(2)9-10-25(3,4)18-12-16-15(11-17(18)24)20(28)19(22(30)21(16)29)27-26-14-7-5-13(6-8-14)23(31)32/h5-8,11-12,30H,9-10H2,1-4H3,(H,31,32). The highest BCUT2D eigenvalue weighted by Gasteiger charge is 2.41. The van der Waals surface area contributed by atoms with Crippen molar-refractivity contribution in [1.82, 2.24) is 0 Å². The van der Waals surface area contributed by atoms with E-state index in [0.717, 1.165) is 24.0 Å². The number of rotatable bonds is 3. The number of carbonyl (C=O) groups is 3. The van der Waals surface area contributed by atoms with Crippen molar-refractivity contribution in [2.24, 2.45) is 10.2 Å². The molecule has 0 spiro atoms. The van der Waals surface area contributed by atoms with Gasteiger partial charge < -0.3 is 10.2 Å². The zero-order chi connectivity index (χ0) is 23.4. The average molecular weight is 432 g/mol. The van der Waals surface area contributed by atoms with Crippen LogP contribution >= 0.6 is 0 Å². The van der Waals surface area contributed by atoms with E-state index < -0.39 is 29.0 Å². The van der Waals surface area contributed by atoms with Crippen LogP contribution < -0.4 is 0 Å². The number of carboxylic acid groups (broad SMARTS) is 1. The predicted octanol–water partition coefficient (Wildman–Crippen LogP) is 5.67. The molecular formula is C25H24N2O5. The maximum absolute atomic E-state index is 13.2. The molecule has 2 aliphatic rings. The van der Waals surface area contributed by atoms with Crippen LogP contribution in [0.2, 0.25) is 0 Å². The molecular weight excluding hydrogens is 408 g/mol. The summed E-state index contributed by atoms with van der Waals surface area (Å²) >= 11 is 0. The first kappa shape index (κ1) is 21.6. The first-order chi connectivity index (χ1) is 14.9. The van der Waals surface area contributed by atoms with Crippen molar-refractivity contribution in [3.05, 3.63) is 75.7 Å². The van der Waals surface area contributed by atoms with Crippen molar-refractivity contribution < 1.29 is 24.6 Å². The lowest BCUT2D eigenvalue weighted by atomic mass is 9.62. The number of nitrogens with zero attached hydrogens (tertiary/aromatic N) is 2. The second kappa shape index (κ2) is 7.22. The van der Waals surface area contributed by atoms with Gasteiger partial charge in [0.05, 0.1) is 11.3 Å². The van der Waals surface area contributed by atoms with Crippen LogP contribution in [0.1, 0.15) is 82.7 Å². The number of carboxylic acids is 1. The quantitative estimate of drug-likeness (QED) is 0.607. The summed E-state index contributed by atoms with van der Waals surface area (Å²) in [5.74, 6) is -3.03. The number of Topliss-reactive ketones (excluding diaryl/α,β-unsaturated/α-hetero) is 2. The van der Waals surface area contributed by atoms with Crippen molar-refractivity contribution >= 4 is 23.2 Å².